The Morgan fingerprint density at radius 1 is 1.24 bits per heavy atom. The quantitative estimate of drug-likeness (QED) is 0.639. The fraction of sp³-hybridized carbons (Fsp3) is 0.211. The molecule has 0 spiro atoms. The summed E-state index contributed by atoms with van der Waals surface area (Å²) in [6, 6.07) is 10.7. The third-order valence-electron chi connectivity index (χ3n) is 4.33. The molecule has 0 radical (unpaired) electrons. The summed E-state index contributed by atoms with van der Waals surface area (Å²) in [6.45, 7) is 3.96. The molecule has 1 aromatic carbocycles. The van der Waals surface area contributed by atoms with Gasteiger partial charge in [-0.05, 0) is 37.6 Å². The number of benzene rings is 1. The number of aryl methyl sites for hydroxylation is 1. The minimum Gasteiger partial charge on any atom is -0.471 e. The van der Waals surface area contributed by atoms with Gasteiger partial charge in [-0.3, -0.25) is 9.69 Å². The van der Waals surface area contributed by atoms with Gasteiger partial charge in [0.15, 0.2) is 0 Å². The van der Waals surface area contributed by atoms with Gasteiger partial charge in [0.2, 0.25) is 5.88 Å². The topological polar surface area (TPSA) is 72.6 Å². The van der Waals surface area contributed by atoms with Crippen molar-refractivity contribution in [1.29, 1.82) is 0 Å². The molecule has 3 aromatic rings. The van der Waals surface area contributed by atoms with E-state index in [1.807, 2.05) is 19.1 Å². The van der Waals surface area contributed by atoms with Crippen LogP contribution in [0.3, 0.4) is 0 Å². The van der Waals surface area contributed by atoms with Gasteiger partial charge in [-0.15, -0.1) is 0 Å². The van der Waals surface area contributed by atoms with Crippen molar-refractivity contribution in [2.75, 3.05) is 11.4 Å². The predicted octanol–water partition coefficient (Wildman–Crippen LogP) is 2.92. The second-order valence-corrected chi connectivity index (χ2v) is 6.06. The molecule has 0 unspecified atom stereocenters. The van der Waals surface area contributed by atoms with E-state index in [2.05, 4.69) is 4.98 Å². The molecule has 1 amide bonds. The number of pyridine rings is 1. The van der Waals surface area contributed by atoms with Crippen molar-refractivity contribution in [1.82, 2.24) is 4.98 Å². The predicted molar refractivity (Wildman–Crippen MR) is 93.2 cm³/mol. The Labute approximate surface area is 143 Å². The fourth-order valence-electron chi connectivity index (χ4n) is 3.14. The molecular weight excluding hydrogens is 320 g/mol. The molecule has 4 rings (SSSR count). The molecule has 6 nitrogen and oxygen atoms in total. The third-order valence-corrected chi connectivity index (χ3v) is 4.33. The standard InChI is InChI=1S/C19H16N2O4/c1-11-10-21(14-7-5-9-20-17(14)24-11)18(22)16-12(2)13-6-3-4-8-15(13)25-19(16)23/h3-9,11H,10H2,1-2H3/t11-/m0/s1. The maximum atomic E-state index is 13.2. The Hall–Kier alpha value is -3.15. The second-order valence-electron chi connectivity index (χ2n) is 6.06. The summed E-state index contributed by atoms with van der Waals surface area (Å²) in [5.41, 5.74) is 1.05. The first kappa shape index (κ1) is 15.4. The van der Waals surface area contributed by atoms with E-state index >= 15 is 0 Å². The van der Waals surface area contributed by atoms with E-state index in [0.717, 1.165) is 5.39 Å². The average Bonchev–Trinajstić information content (AvgIpc) is 2.60. The maximum Gasteiger partial charge on any atom is 0.349 e. The summed E-state index contributed by atoms with van der Waals surface area (Å²) in [4.78, 5) is 31.4. The van der Waals surface area contributed by atoms with Crippen LogP contribution in [-0.4, -0.2) is 23.5 Å². The fourth-order valence-corrected chi connectivity index (χ4v) is 3.14. The SMILES string of the molecule is Cc1c(C(=O)N2C[C@H](C)Oc3ncccc32)c(=O)oc2ccccc12. The van der Waals surface area contributed by atoms with Crippen LogP contribution in [-0.2, 0) is 0 Å². The number of para-hydroxylation sites is 1. The number of hydrogen-bond donors (Lipinski definition) is 0. The van der Waals surface area contributed by atoms with Gasteiger partial charge in [0.1, 0.15) is 22.9 Å². The number of carbonyl (C=O) groups is 1. The van der Waals surface area contributed by atoms with E-state index in [1.54, 1.807) is 37.4 Å². The van der Waals surface area contributed by atoms with Crippen LogP contribution in [0.2, 0.25) is 0 Å². The van der Waals surface area contributed by atoms with Crippen molar-refractivity contribution < 1.29 is 13.9 Å². The minimum absolute atomic E-state index is 0.0441. The van der Waals surface area contributed by atoms with Gasteiger partial charge in [0.05, 0.1) is 6.54 Å². The van der Waals surface area contributed by atoms with Gasteiger partial charge in [-0.1, -0.05) is 18.2 Å². The number of anilines is 1. The Balaban J connectivity index is 1.88. The van der Waals surface area contributed by atoms with E-state index in [4.69, 9.17) is 9.15 Å². The highest BCUT2D eigenvalue weighted by molar-refractivity contribution is 6.09. The van der Waals surface area contributed by atoms with E-state index in [9.17, 15) is 9.59 Å². The van der Waals surface area contributed by atoms with E-state index < -0.39 is 11.5 Å². The molecule has 0 saturated heterocycles. The number of amides is 1. The van der Waals surface area contributed by atoms with Crippen LogP contribution in [0, 0.1) is 6.92 Å². The number of aromatic nitrogens is 1. The Morgan fingerprint density at radius 2 is 2.04 bits per heavy atom. The summed E-state index contributed by atoms with van der Waals surface area (Å²) in [5.74, 6) is -0.0150. The molecule has 1 atom stereocenters. The highest BCUT2D eigenvalue weighted by Crippen LogP contribution is 2.32. The number of carbonyl (C=O) groups excluding carboxylic acids is 1. The van der Waals surface area contributed by atoms with Crippen molar-refractivity contribution >= 4 is 22.6 Å². The van der Waals surface area contributed by atoms with Gasteiger partial charge in [0, 0.05) is 11.6 Å². The molecule has 0 fully saturated rings. The Kier molecular flexibility index (Phi) is 3.53. The Bertz CT molecular complexity index is 1040. The lowest BCUT2D eigenvalue weighted by Gasteiger charge is -2.32. The van der Waals surface area contributed by atoms with E-state index in [0.29, 0.717) is 29.3 Å². The van der Waals surface area contributed by atoms with Crippen LogP contribution in [0.25, 0.3) is 11.0 Å². The molecule has 0 saturated carbocycles. The Morgan fingerprint density at radius 3 is 2.88 bits per heavy atom. The highest BCUT2D eigenvalue weighted by Gasteiger charge is 2.32. The monoisotopic (exact) mass is 336 g/mol. The summed E-state index contributed by atoms with van der Waals surface area (Å²) < 4.78 is 11.0. The van der Waals surface area contributed by atoms with Gasteiger partial charge in [-0.25, -0.2) is 9.78 Å². The van der Waals surface area contributed by atoms with Crippen LogP contribution >= 0.6 is 0 Å². The number of rotatable bonds is 1. The number of fused-ring (bicyclic) bond motifs is 2. The molecule has 25 heavy (non-hydrogen) atoms. The molecule has 6 heteroatoms. The first-order valence-electron chi connectivity index (χ1n) is 8.02. The highest BCUT2D eigenvalue weighted by atomic mass is 16.5. The average molecular weight is 336 g/mol. The smallest absolute Gasteiger partial charge is 0.349 e. The van der Waals surface area contributed by atoms with Gasteiger partial charge in [-0.2, -0.15) is 0 Å². The van der Waals surface area contributed by atoms with Crippen molar-refractivity contribution in [3.05, 3.63) is 64.1 Å². The van der Waals surface area contributed by atoms with Crippen molar-refractivity contribution in [3.8, 4) is 5.88 Å². The lowest BCUT2D eigenvalue weighted by atomic mass is 10.0. The molecule has 0 N–H and O–H groups in total. The number of nitrogens with zero attached hydrogens (tertiary/aromatic N) is 2. The van der Waals surface area contributed by atoms with Crippen LogP contribution in [0.4, 0.5) is 5.69 Å². The number of hydrogen-bond acceptors (Lipinski definition) is 5. The summed E-state index contributed by atoms with van der Waals surface area (Å²) in [5, 5.41) is 0.748. The van der Waals surface area contributed by atoms with E-state index in [1.165, 1.54) is 4.90 Å². The first-order valence-corrected chi connectivity index (χ1v) is 8.02. The normalized spacial score (nSPS) is 16.4. The minimum atomic E-state index is -0.634. The van der Waals surface area contributed by atoms with Crippen LogP contribution in [0.1, 0.15) is 22.8 Å². The van der Waals surface area contributed by atoms with Crippen LogP contribution in [0.15, 0.2) is 51.8 Å². The molecule has 1 aliphatic rings. The van der Waals surface area contributed by atoms with Gasteiger partial charge < -0.3 is 9.15 Å². The van der Waals surface area contributed by atoms with Crippen LogP contribution < -0.4 is 15.3 Å². The van der Waals surface area contributed by atoms with Gasteiger partial charge in [0.25, 0.3) is 5.91 Å². The summed E-state index contributed by atoms with van der Waals surface area (Å²) >= 11 is 0. The van der Waals surface area contributed by atoms with Crippen molar-refractivity contribution in [3.63, 3.8) is 0 Å². The maximum absolute atomic E-state index is 13.2. The summed E-state index contributed by atoms with van der Waals surface area (Å²) in [7, 11) is 0. The molecule has 0 aliphatic carbocycles. The molecule has 1 aliphatic heterocycles. The second kappa shape index (κ2) is 5.73. The lowest BCUT2D eigenvalue weighted by Crippen LogP contribution is -2.44. The third kappa shape index (κ3) is 2.46. The molecule has 2 aromatic heterocycles. The summed E-state index contributed by atoms with van der Waals surface area (Å²) in [6.07, 6.45) is 1.38. The molecule has 126 valence electrons. The first-order chi connectivity index (χ1) is 12.1. The number of ether oxygens (including phenoxy) is 1. The lowest BCUT2D eigenvalue weighted by molar-refractivity contribution is 0.0954. The molecule has 0 bridgehead atoms. The molecule has 3 heterocycles. The molecular formula is C19H16N2O4. The zero-order valence-corrected chi connectivity index (χ0v) is 13.9. The van der Waals surface area contributed by atoms with E-state index in [-0.39, 0.29) is 11.7 Å². The van der Waals surface area contributed by atoms with Crippen LogP contribution in [0.5, 0.6) is 5.88 Å². The zero-order chi connectivity index (χ0) is 17.6. The van der Waals surface area contributed by atoms with Crippen molar-refractivity contribution in [2.24, 2.45) is 0 Å². The van der Waals surface area contributed by atoms with Gasteiger partial charge >= 0.3 is 5.63 Å². The van der Waals surface area contributed by atoms with Crippen molar-refractivity contribution in [2.45, 2.75) is 20.0 Å². The zero-order valence-electron chi connectivity index (χ0n) is 13.9. The largest absolute Gasteiger partial charge is 0.471 e.